The van der Waals surface area contributed by atoms with E-state index in [2.05, 4.69) is 5.32 Å². The predicted molar refractivity (Wildman–Crippen MR) is 95.6 cm³/mol. The summed E-state index contributed by atoms with van der Waals surface area (Å²) in [7, 11) is 0. The Hall–Kier alpha value is -2.57. The molecule has 0 bridgehead atoms. The standard InChI is InChI=1S/C19H27NO6/c1-13(2)11-16(18(23)24)15(17(21)22)9-6-10-20-19(25)26-12-14-7-4-3-5-8-14/h3-5,7-8,13,15-16H,6,9-12H2,1-2H3,(H,20,25)(H,21,22)(H,23,24)/t15-,16+/m0/s1. The molecule has 0 aliphatic heterocycles. The van der Waals surface area contributed by atoms with Crippen molar-refractivity contribution in [2.45, 2.75) is 39.7 Å². The van der Waals surface area contributed by atoms with Crippen molar-refractivity contribution < 1.29 is 29.3 Å². The fourth-order valence-electron chi connectivity index (χ4n) is 2.73. The number of carboxylic acids is 2. The van der Waals surface area contributed by atoms with Crippen molar-refractivity contribution >= 4 is 18.0 Å². The Kier molecular flexibility index (Phi) is 9.19. The number of alkyl carbamates (subject to hydrolysis) is 1. The van der Waals surface area contributed by atoms with Crippen LogP contribution in [0.25, 0.3) is 0 Å². The topological polar surface area (TPSA) is 113 Å². The van der Waals surface area contributed by atoms with Crippen LogP contribution in [0.1, 0.15) is 38.7 Å². The molecule has 0 unspecified atom stereocenters. The van der Waals surface area contributed by atoms with Gasteiger partial charge in [-0.3, -0.25) is 9.59 Å². The summed E-state index contributed by atoms with van der Waals surface area (Å²) in [6.07, 6.45) is 0.258. The van der Waals surface area contributed by atoms with Crippen molar-refractivity contribution in [2.75, 3.05) is 6.54 Å². The van der Waals surface area contributed by atoms with E-state index in [0.29, 0.717) is 12.8 Å². The van der Waals surface area contributed by atoms with E-state index in [-0.39, 0.29) is 25.5 Å². The van der Waals surface area contributed by atoms with Crippen LogP contribution in [0.4, 0.5) is 4.79 Å². The van der Waals surface area contributed by atoms with Gasteiger partial charge in [0.2, 0.25) is 0 Å². The Labute approximate surface area is 153 Å². The molecule has 0 spiro atoms. The van der Waals surface area contributed by atoms with Crippen LogP contribution in [0, 0.1) is 17.8 Å². The normalized spacial score (nSPS) is 13.0. The predicted octanol–water partition coefficient (Wildman–Crippen LogP) is 3.14. The van der Waals surface area contributed by atoms with Crippen molar-refractivity contribution in [3.05, 3.63) is 35.9 Å². The summed E-state index contributed by atoms with van der Waals surface area (Å²) >= 11 is 0. The van der Waals surface area contributed by atoms with E-state index in [0.717, 1.165) is 5.56 Å². The van der Waals surface area contributed by atoms with Gasteiger partial charge >= 0.3 is 18.0 Å². The maximum absolute atomic E-state index is 11.6. The van der Waals surface area contributed by atoms with Crippen molar-refractivity contribution in [1.82, 2.24) is 5.32 Å². The van der Waals surface area contributed by atoms with Gasteiger partial charge in [0, 0.05) is 6.54 Å². The Morgan fingerprint density at radius 1 is 1.04 bits per heavy atom. The van der Waals surface area contributed by atoms with Gasteiger partial charge in [0.1, 0.15) is 6.61 Å². The molecule has 0 radical (unpaired) electrons. The number of aliphatic carboxylic acids is 2. The minimum atomic E-state index is -1.12. The van der Waals surface area contributed by atoms with Gasteiger partial charge in [0.25, 0.3) is 0 Å². The lowest BCUT2D eigenvalue weighted by Gasteiger charge is -2.22. The second-order valence-electron chi connectivity index (χ2n) is 6.65. The second-order valence-corrected chi connectivity index (χ2v) is 6.65. The van der Waals surface area contributed by atoms with Crippen LogP contribution < -0.4 is 5.32 Å². The number of carboxylic acid groups (broad SMARTS) is 2. The van der Waals surface area contributed by atoms with Crippen LogP contribution in [0.15, 0.2) is 30.3 Å². The number of hydrogen-bond acceptors (Lipinski definition) is 4. The van der Waals surface area contributed by atoms with Gasteiger partial charge in [-0.15, -0.1) is 0 Å². The van der Waals surface area contributed by atoms with Gasteiger partial charge < -0.3 is 20.3 Å². The average molecular weight is 365 g/mol. The number of nitrogens with one attached hydrogen (secondary N) is 1. The molecule has 0 aromatic heterocycles. The van der Waals surface area contributed by atoms with Gasteiger partial charge in [-0.2, -0.15) is 0 Å². The Bertz CT molecular complexity index is 587. The van der Waals surface area contributed by atoms with E-state index in [1.54, 1.807) is 0 Å². The highest BCUT2D eigenvalue weighted by atomic mass is 16.5. The summed E-state index contributed by atoms with van der Waals surface area (Å²) < 4.78 is 5.06. The van der Waals surface area contributed by atoms with E-state index in [1.165, 1.54) is 0 Å². The molecule has 2 atom stereocenters. The lowest BCUT2D eigenvalue weighted by molar-refractivity contribution is -0.154. The van der Waals surface area contributed by atoms with Gasteiger partial charge in [0.15, 0.2) is 0 Å². The molecule has 0 heterocycles. The molecule has 1 aromatic rings. The molecule has 26 heavy (non-hydrogen) atoms. The summed E-state index contributed by atoms with van der Waals surface area (Å²) in [6, 6.07) is 9.24. The highest BCUT2D eigenvalue weighted by Gasteiger charge is 2.33. The Morgan fingerprint density at radius 2 is 1.65 bits per heavy atom. The van der Waals surface area contributed by atoms with Gasteiger partial charge in [-0.1, -0.05) is 44.2 Å². The molecule has 1 aromatic carbocycles. The molecule has 1 amide bonds. The number of benzene rings is 1. The smallest absolute Gasteiger partial charge is 0.407 e. The summed E-state index contributed by atoms with van der Waals surface area (Å²) in [5, 5.41) is 21.2. The van der Waals surface area contributed by atoms with Crippen LogP contribution in [0.2, 0.25) is 0 Å². The number of carbonyl (C=O) groups excluding carboxylic acids is 1. The molecule has 7 heteroatoms. The Morgan fingerprint density at radius 3 is 2.19 bits per heavy atom. The van der Waals surface area contributed by atoms with E-state index in [9.17, 15) is 24.6 Å². The first-order chi connectivity index (χ1) is 12.3. The van der Waals surface area contributed by atoms with Crippen LogP contribution in [0.5, 0.6) is 0 Å². The van der Waals surface area contributed by atoms with Crippen molar-refractivity contribution in [1.29, 1.82) is 0 Å². The Balaban J connectivity index is 2.39. The fourth-order valence-corrected chi connectivity index (χ4v) is 2.73. The molecular weight excluding hydrogens is 338 g/mol. The van der Waals surface area contributed by atoms with E-state index in [4.69, 9.17) is 4.74 Å². The lowest BCUT2D eigenvalue weighted by Crippen LogP contribution is -2.32. The molecule has 7 nitrogen and oxygen atoms in total. The fraction of sp³-hybridized carbons (Fsp3) is 0.526. The quantitative estimate of drug-likeness (QED) is 0.519. The van der Waals surface area contributed by atoms with Crippen LogP contribution in [-0.4, -0.2) is 34.8 Å². The van der Waals surface area contributed by atoms with E-state index >= 15 is 0 Å². The monoisotopic (exact) mass is 365 g/mol. The number of rotatable bonds is 11. The number of carbonyl (C=O) groups is 3. The third-order valence-electron chi connectivity index (χ3n) is 4.02. The van der Waals surface area contributed by atoms with Gasteiger partial charge in [0.05, 0.1) is 11.8 Å². The maximum atomic E-state index is 11.6. The van der Waals surface area contributed by atoms with Crippen LogP contribution in [-0.2, 0) is 20.9 Å². The SMILES string of the molecule is CC(C)C[C@@H](C(=O)O)[C@H](CCCNC(=O)OCc1ccccc1)C(=O)O. The first-order valence-electron chi connectivity index (χ1n) is 8.71. The average Bonchev–Trinajstić information content (AvgIpc) is 2.58. The zero-order valence-corrected chi connectivity index (χ0v) is 15.2. The molecule has 144 valence electrons. The van der Waals surface area contributed by atoms with Gasteiger partial charge in [-0.05, 0) is 30.7 Å². The summed E-state index contributed by atoms with van der Waals surface area (Å²) in [6.45, 7) is 4.10. The second kappa shape index (κ2) is 11.1. The van der Waals surface area contributed by atoms with Crippen molar-refractivity contribution in [2.24, 2.45) is 17.8 Å². The largest absolute Gasteiger partial charge is 0.481 e. The first-order valence-corrected chi connectivity index (χ1v) is 8.71. The van der Waals surface area contributed by atoms with Crippen molar-refractivity contribution in [3.63, 3.8) is 0 Å². The zero-order chi connectivity index (χ0) is 19.5. The maximum Gasteiger partial charge on any atom is 0.407 e. The minimum Gasteiger partial charge on any atom is -0.481 e. The zero-order valence-electron chi connectivity index (χ0n) is 15.2. The molecule has 0 aliphatic carbocycles. The number of ether oxygens (including phenoxy) is 1. The van der Waals surface area contributed by atoms with Gasteiger partial charge in [-0.25, -0.2) is 4.79 Å². The molecule has 0 fully saturated rings. The highest BCUT2D eigenvalue weighted by Crippen LogP contribution is 2.25. The van der Waals surface area contributed by atoms with E-state index < -0.39 is 29.9 Å². The minimum absolute atomic E-state index is 0.0871. The number of amides is 1. The highest BCUT2D eigenvalue weighted by molar-refractivity contribution is 5.80. The van der Waals surface area contributed by atoms with Crippen LogP contribution in [0.3, 0.4) is 0 Å². The molecular formula is C19H27NO6. The molecule has 1 rings (SSSR count). The molecule has 3 N–H and O–H groups in total. The molecule has 0 saturated heterocycles. The van der Waals surface area contributed by atoms with Crippen molar-refractivity contribution in [3.8, 4) is 0 Å². The third kappa shape index (κ3) is 8.00. The third-order valence-corrected chi connectivity index (χ3v) is 4.02. The summed E-state index contributed by atoms with van der Waals surface area (Å²) in [5.74, 6) is -4.04. The summed E-state index contributed by atoms with van der Waals surface area (Å²) in [5.41, 5.74) is 0.867. The van der Waals surface area contributed by atoms with Crippen LogP contribution >= 0.6 is 0 Å². The lowest BCUT2D eigenvalue weighted by atomic mass is 9.83. The molecule has 0 aliphatic rings. The molecule has 0 saturated carbocycles. The first kappa shape index (κ1) is 21.5. The number of hydrogen-bond donors (Lipinski definition) is 3. The van der Waals surface area contributed by atoms with E-state index in [1.807, 2.05) is 44.2 Å². The summed E-state index contributed by atoms with van der Waals surface area (Å²) in [4.78, 5) is 34.5.